The Labute approximate surface area is 162 Å². The monoisotopic (exact) mass is 381 g/mol. The summed E-state index contributed by atoms with van der Waals surface area (Å²) in [4.78, 5) is 26.9. The third-order valence-electron chi connectivity index (χ3n) is 5.21. The number of aliphatic hydroxyl groups excluding tert-OH is 1. The fourth-order valence-corrected chi connectivity index (χ4v) is 3.85. The lowest BCUT2D eigenvalue weighted by Crippen LogP contribution is -2.36. The van der Waals surface area contributed by atoms with Crippen molar-refractivity contribution in [3.05, 3.63) is 77.1 Å². The highest BCUT2D eigenvalue weighted by molar-refractivity contribution is 6.46. The topological polar surface area (TPSA) is 66.8 Å². The standard InChI is InChI=1S/C22H20FNO4/c23-17-11-5-4-10-16(17)19-18(20(25)14-7-2-1-3-8-14)21(26)22(27)24(19)13-15-9-6-12-28-15/h1-5,7-8,10-11,15,19,25H,6,9,12-13H2/b20-18+/t15-,19+/m1/s1. The van der Waals surface area contributed by atoms with Crippen LogP contribution >= 0.6 is 0 Å². The lowest BCUT2D eigenvalue weighted by Gasteiger charge is -2.27. The second-order valence-electron chi connectivity index (χ2n) is 6.97. The first-order valence-corrected chi connectivity index (χ1v) is 9.28. The number of carbonyl (C=O) groups is 2. The fraction of sp³-hybridized carbons (Fsp3) is 0.273. The van der Waals surface area contributed by atoms with E-state index in [0.717, 1.165) is 12.8 Å². The maximum absolute atomic E-state index is 14.6. The summed E-state index contributed by atoms with van der Waals surface area (Å²) < 4.78 is 20.3. The largest absolute Gasteiger partial charge is 0.507 e. The molecule has 1 amide bonds. The predicted octanol–water partition coefficient (Wildman–Crippen LogP) is 3.43. The molecule has 0 unspecified atom stereocenters. The van der Waals surface area contributed by atoms with E-state index in [-0.39, 0.29) is 29.5 Å². The normalized spacial score (nSPS) is 24.1. The van der Waals surface area contributed by atoms with Crippen LogP contribution in [0.25, 0.3) is 5.76 Å². The van der Waals surface area contributed by atoms with Crippen molar-refractivity contribution in [2.75, 3.05) is 13.2 Å². The molecular weight excluding hydrogens is 361 g/mol. The fourth-order valence-electron chi connectivity index (χ4n) is 3.85. The highest BCUT2D eigenvalue weighted by atomic mass is 19.1. The van der Waals surface area contributed by atoms with Gasteiger partial charge in [-0.05, 0) is 18.9 Å². The zero-order valence-corrected chi connectivity index (χ0v) is 15.2. The summed E-state index contributed by atoms with van der Waals surface area (Å²) in [5.74, 6) is -2.40. The van der Waals surface area contributed by atoms with Crippen molar-refractivity contribution in [2.45, 2.75) is 25.0 Å². The molecule has 2 heterocycles. The molecule has 28 heavy (non-hydrogen) atoms. The van der Waals surface area contributed by atoms with Crippen molar-refractivity contribution in [3.63, 3.8) is 0 Å². The van der Waals surface area contributed by atoms with Gasteiger partial charge in [0.2, 0.25) is 0 Å². The Hall–Kier alpha value is -2.99. The minimum Gasteiger partial charge on any atom is -0.507 e. The van der Waals surface area contributed by atoms with E-state index in [4.69, 9.17) is 4.74 Å². The van der Waals surface area contributed by atoms with Gasteiger partial charge in [0, 0.05) is 24.3 Å². The predicted molar refractivity (Wildman–Crippen MR) is 101 cm³/mol. The number of aliphatic hydroxyl groups is 1. The number of halogens is 1. The van der Waals surface area contributed by atoms with Crippen LogP contribution in [0.3, 0.4) is 0 Å². The minimum atomic E-state index is -0.995. The molecule has 1 N–H and O–H groups in total. The number of carbonyl (C=O) groups excluding carboxylic acids is 2. The number of ketones is 1. The molecule has 0 saturated carbocycles. The van der Waals surface area contributed by atoms with Crippen molar-refractivity contribution in [2.24, 2.45) is 0 Å². The summed E-state index contributed by atoms with van der Waals surface area (Å²) in [6.07, 6.45) is 1.44. The number of likely N-dealkylation sites (tertiary alicyclic amines) is 1. The SMILES string of the molecule is O=C1C(=O)N(C[C@H]2CCCO2)[C@@H](c2ccccc2F)/C1=C(\O)c1ccccc1. The number of hydrogen-bond donors (Lipinski definition) is 1. The molecule has 0 bridgehead atoms. The Morgan fingerprint density at radius 2 is 1.82 bits per heavy atom. The van der Waals surface area contributed by atoms with Gasteiger partial charge < -0.3 is 14.7 Å². The summed E-state index contributed by atoms with van der Waals surface area (Å²) in [6.45, 7) is 0.776. The summed E-state index contributed by atoms with van der Waals surface area (Å²) in [5.41, 5.74) is 0.482. The van der Waals surface area contributed by atoms with Gasteiger partial charge >= 0.3 is 0 Å². The molecule has 4 rings (SSSR count). The maximum atomic E-state index is 14.6. The smallest absolute Gasteiger partial charge is 0.295 e. The molecule has 0 radical (unpaired) electrons. The summed E-state index contributed by atoms with van der Waals surface area (Å²) in [7, 11) is 0. The number of rotatable bonds is 4. The summed E-state index contributed by atoms with van der Waals surface area (Å²) in [6, 6.07) is 13.5. The second-order valence-corrected chi connectivity index (χ2v) is 6.97. The molecule has 2 saturated heterocycles. The molecule has 2 aromatic carbocycles. The van der Waals surface area contributed by atoms with Crippen LogP contribution in [0.4, 0.5) is 4.39 Å². The third-order valence-corrected chi connectivity index (χ3v) is 5.21. The number of nitrogens with zero attached hydrogens (tertiary/aromatic N) is 1. The Kier molecular flexibility index (Phi) is 4.96. The highest BCUT2D eigenvalue weighted by Crippen LogP contribution is 2.40. The highest BCUT2D eigenvalue weighted by Gasteiger charge is 2.47. The second kappa shape index (κ2) is 7.56. The van der Waals surface area contributed by atoms with Crippen LogP contribution < -0.4 is 0 Å². The average molecular weight is 381 g/mol. The van der Waals surface area contributed by atoms with Crippen LogP contribution in [0, 0.1) is 5.82 Å². The molecule has 5 nitrogen and oxygen atoms in total. The van der Waals surface area contributed by atoms with Crippen LogP contribution in [0.15, 0.2) is 60.2 Å². The van der Waals surface area contributed by atoms with Crippen LogP contribution in [0.5, 0.6) is 0 Å². The van der Waals surface area contributed by atoms with Crippen molar-refractivity contribution in [1.82, 2.24) is 4.90 Å². The minimum absolute atomic E-state index is 0.0979. The first-order chi connectivity index (χ1) is 13.6. The van der Waals surface area contributed by atoms with Gasteiger partial charge in [0.1, 0.15) is 11.6 Å². The molecule has 144 valence electrons. The van der Waals surface area contributed by atoms with E-state index in [1.165, 1.54) is 17.0 Å². The first kappa shape index (κ1) is 18.4. The van der Waals surface area contributed by atoms with Gasteiger partial charge in [-0.25, -0.2) is 4.39 Å². The van der Waals surface area contributed by atoms with Crippen molar-refractivity contribution < 1.29 is 23.8 Å². The Balaban J connectivity index is 1.84. The number of benzene rings is 2. The van der Waals surface area contributed by atoms with Crippen molar-refractivity contribution >= 4 is 17.4 Å². The molecule has 0 spiro atoms. The van der Waals surface area contributed by atoms with Crippen LogP contribution in [-0.4, -0.2) is 41.0 Å². The molecule has 2 aliphatic rings. The van der Waals surface area contributed by atoms with Gasteiger partial charge in [0.15, 0.2) is 0 Å². The van der Waals surface area contributed by atoms with E-state index in [1.807, 2.05) is 0 Å². The van der Waals surface area contributed by atoms with Crippen LogP contribution in [-0.2, 0) is 14.3 Å². The van der Waals surface area contributed by atoms with E-state index in [1.54, 1.807) is 42.5 Å². The average Bonchev–Trinajstić information content (AvgIpc) is 3.31. The van der Waals surface area contributed by atoms with Gasteiger partial charge in [-0.3, -0.25) is 9.59 Å². The van der Waals surface area contributed by atoms with Gasteiger partial charge in [0.25, 0.3) is 11.7 Å². The van der Waals surface area contributed by atoms with E-state index < -0.39 is 23.5 Å². The van der Waals surface area contributed by atoms with E-state index >= 15 is 0 Å². The van der Waals surface area contributed by atoms with E-state index in [9.17, 15) is 19.1 Å². The molecule has 0 aromatic heterocycles. The number of hydrogen-bond acceptors (Lipinski definition) is 4. The summed E-state index contributed by atoms with van der Waals surface area (Å²) in [5, 5.41) is 10.8. The molecular formula is C22H20FNO4. The maximum Gasteiger partial charge on any atom is 0.295 e. The van der Waals surface area contributed by atoms with Crippen molar-refractivity contribution in [3.8, 4) is 0 Å². The number of ether oxygens (including phenoxy) is 1. The van der Waals surface area contributed by atoms with Crippen LogP contribution in [0.1, 0.15) is 30.0 Å². The van der Waals surface area contributed by atoms with Gasteiger partial charge in [-0.15, -0.1) is 0 Å². The lowest BCUT2D eigenvalue weighted by molar-refractivity contribution is -0.140. The molecule has 2 aromatic rings. The Morgan fingerprint density at radius 1 is 1.11 bits per heavy atom. The van der Waals surface area contributed by atoms with Gasteiger partial charge in [-0.2, -0.15) is 0 Å². The molecule has 6 heteroatoms. The van der Waals surface area contributed by atoms with Gasteiger partial charge in [-0.1, -0.05) is 48.5 Å². The van der Waals surface area contributed by atoms with E-state index in [0.29, 0.717) is 12.2 Å². The Morgan fingerprint density at radius 3 is 2.50 bits per heavy atom. The molecule has 2 atom stereocenters. The quantitative estimate of drug-likeness (QED) is 0.501. The zero-order valence-electron chi connectivity index (χ0n) is 15.2. The van der Waals surface area contributed by atoms with Crippen molar-refractivity contribution in [1.29, 1.82) is 0 Å². The van der Waals surface area contributed by atoms with Crippen LogP contribution in [0.2, 0.25) is 0 Å². The lowest BCUT2D eigenvalue weighted by atomic mass is 9.95. The summed E-state index contributed by atoms with van der Waals surface area (Å²) >= 11 is 0. The van der Waals surface area contributed by atoms with E-state index in [2.05, 4.69) is 0 Å². The number of Topliss-reactive ketones (excluding diaryl/α,β-unsaturated/α-hetero) is 1. The van der Waals surface area contributed by atoms with Gasteiger partial charge in [0.05, 0.1) is 17.7 Å². The zero-order chi connectivity index (χ0) is 19.7. The molecule has 0 aliphatic carbocycles. The molecule has 2 fully saturated rings. The molecule has 2 aliphatic heterocycles. The Bertz CT molecular complexity index is 935. The third kappa shape index (κ3) is 3.20. The number of amides is 1. The first-order valence-electron chi connectivity index (χ1n) is 9.28.